The highest BCUT2D eigenvalue weighted by Crippen LogP contribution is 2.01. The molecule has 2 unspecified atom stereocenters. The zero-order valence-electron chi connectivity index (χ0n) is 11.3. The fourth-order valence-electron chi connectivity index (χ4n) is 1.46. The zero-order valence-corrected chi connectivity index (χ0v) is 11.3. The molecular weight excluding hydrogens is 264 g/mol. The Kier molecular flexibility index (Phi) is 6.48. The Labute approximate surface area is 116 Å². The van der Waals surface area contributed by atoms with Crippen molar-refractivity contribution in [3.8, 4) is 0 Å². The molecule has 20 heavy (non-hydrogen) atoms. The van der Waals surface area contributed by atoms with Crippen molar-refractivity contribution >= 4 is 12.0 Å². The highest BCUT2D eigenvalue weighted by atomic mass is 16.6. The summed E-state index contributed by atoms with van der Waals surface area (Å²) in [6, 6.07) is 7.94. The molecule has 0 spiro atoms. The maximum atomic E-state index is 11.6. The number of aliphatic hydroxyl groups is 1. The molecule has 110 valence electrons. The number of hydrogen-bond acceptors (Lipinski definition) is 5. The van der Waals surface area contributed by atoms with Gasteiger partial charge in [0.15, 0.2) is 0 Å². The quantitative estimate of drug-likeness (QED) is 0.654. The lowest BCUT2D eigenvalue weighted by atomic mass is 10.2. The summed E-state index contributed by atoms with van der Waals surface area (Å²) in [5.41, 5.74) is 2.85. The molecule has 7 nitrogen and oxygen atoms in total. The molecule has 1 rings (SSSR count). The molecule has 0 radical (unpaired) electrons. The van der Waals surface area contributed by atoms with E-state index in [0.29, 0.717) is 0 Å². The monoisotopic (exact) mass is 282 g/mol. The molecule has 0 aromatic heterocycles. The van der Waals surface area contributed by atoms with Crippen LogP contribution >= 0.6 is 0 Å². The molecule has 0 aliphatic carbocycles. The molecular formula is C13H18N2O5. The van der Waals surface area contributed by atoms with Crippen molar-refractivity contribution in [1.29, 1.82) is 0 Å². The minimum atomic E-state index is -1.15. The van der Waals surface area contributed by atoms with Crippen molar-refractivity contribution in [3.63, 3.8) is 0 Å². The fourth-order valence-corrected chi connectivity index (χ4v) is 1.46. The van der Waals surface area contributed by atoms with E-state index in [0.717, 1.165) is 5.56 Å². The van der Waals surface area contributed by atoms with Gasteiger partial charge in [0.05, 0.1) is 13.2 Å². The van der Waals surface area contributed by atoms with Gasteiger partial charge in [-0.05, 0) is 12.5 Å². The summed E-state index contributed by atoms with van der Waals surface area (Å²) in [5, 5.41) is 11.7. The van der Waals surface area contributed by atoms with Gasteiger partial charge in [-0.1, -0.05) is 30.3 Å². The summed E-state index contributed by atoms with van der Waals surface area (Å²) in [5.74, 6) is -0.667. The lowest BCUT2D eigenvalue weighted by molar-refractivity contribution is -0.135. The largest absolute Gasteiger partial charge is 0.445 e. The number of carbonyl (C=O) groups excluding carboxylic acids is 2. The van der Waals surface area contributed by atoms with Gasteiger partial charge in [0.2, 0.25) is 0 Å². The average Bonchev–Trinajstić information content (AvgIpc) is 2.43. The van der Waals surface area contributed by atoms with Crippen molar-refractivity contribution in [3.05, 3.63) is 35.9 Å². The summed E-state index contributed by atoms with van der Waals surface area (Å²) in [7, 11) is 1.25. The normalized spacial score (nSPS) is 13.2. The maximum absolute atomic E-state index is 11.6. The highest BCUT2D eigenvalue weighted by Gasteiger charge is 2.26. The third-order valence-electron chi connectivity index (χ3n) is 2.45. The summed E-state index contributed by atoms with van der Waals surface area (Å²) in [6.45, 7) is 1.45. The number of carbonyl (C=O) groups is 2. The molecule has 1 aromatic carbocycles. The van der Waals surface area contributed by atoms with Crippen LogP contribution in [0.5, 0.6) is 0 Å². The van der Waals surface area contributed by atoms with Crippen LogP contribution in [0.2, 0.25) is 0 Å². The van der Waals surface area contributed by atoms with E-state index in [-0.39, 0.29) is 6.61 Å². The van der Waals surface area contributed by atoms with Crippen LogP contribution < -0.4 is 10.8 Å². The number of nitrogens with one attached hydrogen (secondary N) is 2. The van der Waals surface area contributed by atoms with E-state index in [1.54, 1.807) is 12.1 Å². The van der Waals surface area contributed by atoms with Gasteiger partial charge in [-0.2, -0.15) is 0 Å². The van der Waals surface area contributed by atoms with Crippen LogP contribution in [-0.4, -0.2) is 36.4 Å². The number of hydrogen-bond donors (Lipinski definition) is 3. The Morgan fingerprint density at radius 3 is 2.50 bits per heavy atom. The lowest BCUT2D eigenvalue weighted by Gasteiger charge is -2.19. The summed E-state index contributed by atoms with van der Waals surface area (Å²) in [6.07, 6.45) is -1.89. The summed E-state index contributed by atoms with van der Waals surface area (Å²) in [4.78, 5) is 27.5. The third kappa shape index (κ3) is 5.25. The molecule has 0 aliphatic rings. The number of amides is 2. The van der Waals surface area contributed by atoms with Gasteiger partial charge in [-0.3, -0.25) is 9.63 Å². The number of aliphatic hydroxyl groups excluding tert-OH is 1. The highest BCUT2D eigenvalue weighted by molar-refractivity contribution is 5.85. The SMILES string of the molecule is CONC(=O)C(NC(=O)OCc1ccccc1)C(C)O. The minimum Gasteiger partial charge on any atom is -0.445 e. The molecule has 0 saturated heterocycles. The van der Waals surface area contributed by atoms with Crippen LogP contribution in [0.4, 0.5) is 4.79 Å². The van der Waals surface area contributed by atoms with Crippen LogP contribution in [0.25, 0.3) is 0 Å². The smallest absolute Gasteiger partial charge is 0.408 e. The van der Waals surface area contributed by atoms with E-state index in [1.165, 1.54) is 14.0 Å². The number of ether oxygens (including phenoxy) is 1. The fraction of sp³-hybridized carbons (Fsp3) is 0.385. The Morgan fingerprint density at radius 2 is 1.95 bits per heavy atom. The van der Waals surface area contributed by atoms with Crippen LogP contribution in [0.1, 0.15) is 12.5 Å². The first kappa shape index (κ1) is 15.9. The van der Waals surface area contributed by atoms with Crippen molar-refractivity contribution in [2.24, 2.45) is 0 Å². The van der Waals surface area contributed by atoms with Gasteiger partial charge >= 0.3 is 6.09 Å². The molecule has 2 amide bonds. The van der Waals surface area contributed by atoms with Gasteiger partial charge < -0.3 is 15.2 Å². The van der Waals surface area contributed by atoms with Crippen molar-refractivity contribution in [2.45, 2.75) is 25.7 Å². The average molecular weight is 282 g/mol. The molecule has 0 heterocycles. The van der Waals surface area contributed by atoms with Crippen LogP contribution in [0, 0.1) is 0 Å². The second-order valence-electron chi connectivity index (χ2n) is 4.09. The number of benzene rings is 1. The third-order valence-corrected chi connectivity index (χ3v) is 2.45. The molecule has 3 N–H and O–H groups in total. The number of hydroxylamine groups is 1. The van der Waals surface area contributed by atoms with Gasteiger partial charge in [0.1, 0.15) is 12.6 Å². The molecule has 0 aliphatic heterocycles. The van der Waals surface area contributed by atoms with Crippen LogP contribution in [-0.2, 0) is 21.0 Å². The van der Waals surface area contributed by atoms with Gasteiger partial charge in [0.25, 0.3) is 5.91 Å². The number of rotatable bonds is 6. The summed E-state index contributed by atoms with van der Waals surface area (Å²) >= 11 is 0. The Hall–Kier alpha value is -2.12. The molecule has 7 heteroatoms. The van der Waals surface area contributed by atoms with E-state index < -0.39 is 24.1 Å². The zero-order chi connectivity index (χ0) is 15.0. The summed E-state index contributed by atoms with van der Waals surface area (Å²) < 4.78 is 4.96. The standard InChI is InChI=1S/C13H18N2O5/c1-9(16)11(12(17)15-19-2)14-13(18)20-8-10-6-4-3-5-7-10/h3-7,9,11,16H,8H2,1-2H3,(H,14,18)(H,15,17). The second-order valence-corrected chi connectivity index (χ2v) is 4.09. The predicted octanol–water partition coefficient (Wildman–Crippen LogP) is 0.340. The Morgan fingerprint density at radius 1 is 1.30 bits per heavy atom. The molecule has 2 atom stereocenters. The Balaban J connectivity index is 2.48. The van der Waals surface area contributed by atoms with Crippen LogP contribution in [0.15, 0.2) is 30.3 Å². The van der Waals surface area contributed by atoms with E-state index in [2.05, 4.69) is 10.2 Å². The van der Waals surface area contributed by atoms with Crippen molar-refractivity contribution in [1.82, 2.24) is 10.8 Å². The van der Waals surface area contributed by atoms with E-state index in [1.807, 2.05) is 23.7 Å². The molecule has 0 fully saturated rings. The predicted molar refractivity (Wildman–Crippen MR) is 70.4 cm³/mol. The minimum absolute atomic E-state index is 0.0745. The first-order valence-corrected chi connectivity index (χ1v) is 6.02. The lowest BCUT2D eigenvalue weighted by Crippen LogP contribution is -2.52. The molecule has 0 bridgehead atoms. The topological polar surface area (TPSA) is 96.9 Å². The van der Waals surface area contributed by atoms with E-state index in [4.69, 9.17) is 4.74 Å². The van der Waals surface area contributed by atoms with Crippen LogP contribution in [0.3, 0.4) is 0 Å². The second kappa shape index (κ2) is 8.13. The van der Waals surface area contributed by atoms with Gasteiger partial charge in [0, 0.05) is 0 Å². The molecule has 1 aromatic rings. The first-order valence-electron chi connectivity index (χ1n) is 6.02. The van der Waals surface area contributed by atoms with Gasteiger partial charge in [-0.25, -0.2) is 10.3 Å². The van der Waals surface area contributed by atoms with Crippen molar-refractivity contribution in [2.75, 3.05) is 7.11 Å². The Bertz CT molecular complexity index is 436. The maximum Gasteiger partial charge on any atom is 0.408 e. The van der Waals surface area contributed by atoms with E-state index in [9.17, 15) is 14.7 Å². The molecule has 0 saturated carbocycles. The van der Waals surface area contributed by atoms with Crippen molar-refractivity contribution < 1.29 is 24.3 Å². The van der Waals surface area contributed by atoms with Gasteiger partial charge in [-0.15, -0.1) is 0 Å². The first-order chi connectivity index (χ1) is 9.54. The number of alkyl carbamates (subject to hydrolysis) is 1. The van der Waals surface area contributed by atoms with E-state index >= 15 is 0 Å².